The topological polar surface area (TPSA) is 63.4 Å². The molecule has 1 aliphatic rings. The summed E-state index contributed by atoms with van der Waals surface area (Å²) in [7, 11) is -3.22. The van der Waals surface area contributed by atoms with Crippen LogP contribution in [0.5, 0.6) is 0 Å². The molecule has 1 heterocycles. The highest BCUT2D eigenvalue weighted by Crippen LogP contribution is 2.22. The molecule has 1 aromatic rings. The van der Waals surface area contributed by atoms with Gasteiger partial charge in [0.2, 0.25) is 10.0 Å². The number of hydrogen-bond acceptors (Lipinski definition) is 4. The van der Waals surface area contributed by atoms with Gasteiger partial charge in [0.1, 0.15) is 0 Å². The molecule has 1 aromatic carbocycles. The van der Waals surface area contributed by atoms with Crippen molar-refractivity contribution in [1.82, 2.24) is 4.31 Å². The SMILES string of the molecule is CC1CN(S(=O)(=O)Cc2cccc(N)c2)CCS1. The molecule has 18 heavy (non-hydrogen) atoms. The van der Waals surface area contributed by atoms with Crippen LogP contribution in [-0.2, 0) is 15.8 Å². The van der Waals surface area contributed by atoms with Crippen LogP contribution in [0.1, 0.15) is 12.5 Å². The van der Waals surface area contributed by atoms with Crippen molar-refractivity contribution in [2.45, 2.75) is 17.9 Å². The Morgan fingerprint density at radius 1 is 1.50 bits per heavy atom. The Morgan fingerprint density at radius 3 is 2.94 bits per heavy atom. The van der Waals surface area contributed by atoms with Gasteiger partial charge in [0.05, 0.1) is 5.75 Å². The molecule has 0 amide bonds. The van der Waals surface area contributed by atoms with E-state index >= 15 is 0 Å². The fourth-order valence-corrected chi connectivity index (χ4v) is 4.85. The number of benzene rings is 1. The standard InChI is InChI=1S/C12H18N2O2S2/c1-10-8-14(5-6-17-10)18(15,16)9-11-3-2-4-12(13)7-11/h2-4,7,10H,5-6,8-9,13H2,1H3. The van der Waals surface area contributed by atoms with Gasteiger partial charge in [-0.1, -0.05) is 19.1 Å². The molecule has 1 fully saturated rings. The summed E-state index contributed by atoms with van der Waals surface area (Å²) in [4.78, 5) is 0. The Kier molecular flexibility index (Phi) is 4.19. The summed E-state index contributed by atoms with van der Waals surface area (Å²) in [6, 6.07) is 7.07. The maximum Gasteiger partial charge on any atom is 0.218 e. The zero-order chi connectivity index (χ0) is 13.2. The maximum absolute atomic E-state index is 12.3. The minimum absolute atomic E-state index is 0.0371. The number of rotatable bonds is 3. The molecule has 4 nitrogen and oxygen atoms in total. The quantitative estimate of drug-likeness (QED) is 0.856. The molecule has 0 bridgehead atoms. The number of nitrogens with zero attached hydrogens (tertiary/aromatic N) is 1. The smallest absolute Gasteiger partial charge is 0.218 e. The first kappa shape index (κ1) is 13.7. The van der Waals surface area contributed by atoms with E-state index in [1.54, 1.807) is 28.6 Å². The number of thioether (sulfide) groups is 1. The third-order valence-corrected chi connectivity index (χ3v) is 5.85. The van der Waals surface area contributed by atoms with Gasteiger partial charge in [-0.3, -0.25) is 0 Å². The monoisotopic (exact) mass is 286 g/mol. The van der Waals surface area contributed by atoms with Crippen LogP contribution < -0.4 is 5.73 Å². The second kappa shape index (κ2) is 5.50. The second-order valence-electron chi connectivity index (χ2n) is 4.54. The van der Waals surface area contributed by atoms with Crippen LogP contribution in [0.25, 0.3) is 0 Å². The first-order valence-corrected chi connectivity index (χ1v) is 8.57. The lowest BCUT2D eigenvalue weighted by Crippen LogP contribution is -2.41. The molecule has 1 saturated heterocycles. The summed E-state index contributed by atoms with van der Waals surface area (Å²) in [5, 5.41) is 0.370. The number of nitrogens with two attached hydrogens (primary N) is 1. The molecule has 1 unspecified atom stereocenters. The van der Waals surface area contributed by atoms with Gasteiger partial charge >= 0.3 is 0 Å². The first-order valence-electron chi connectivity index (χ1n) is 5.91. The Balaban J connectivity index is 2.11. The average molecular weight is 286 g/mol. The molecule has 1 atom stereocenters. The van der Waals surface area contributed by atoms with E-state index in [0.29, 0.717) is 24.0 Å². The van der Waals surface area contributed by atoms with Crippen molar-refractivity contribution in [3.63, 3.8) is 0 Å². The Labute approximate surface area is 113 Å². The second-order valence-corrected chi connectivity index (χ2v) is 8.06. The van der Waals surface area contributed by atoms with E-state index in [-0.39, 0.29) is 5.75 Å². The minimum atomic E-state index is -3.22. The van der Waals surface area contributed by atoms with Gasteiger partial charge in [-0.2, -0.15) is 16.1 Å². The molecule has 0 spiro atoms. The summed E-state index contributed by atoms with van der Waals surface area (Å²) < 4.78 is 26.2. The van der Waals surface area contributed by atoms with Crippen molar-refractivity contribution in [2.75, 3.05) is 24.6 Å². The summed E-state index contributed by atoms with van der Waals surface area (Å²) in [6.07, 6.45) is 0. The lowest BCUT2D eigenvalue weighted by atomic mass is 10.2. The van der Waals surface area contributed by atoms with Crippen molar-refractivity contribution in [3.05, 3.63) is 29.8 Å². The summed E-state index contributed by atoms with van der Waals surface area (Å²) in [6.45, 7) is 3.28. The van der Waals surface area contributed by atoms with Crippen LogP contribution in [0.15, 0.2) is 24.3 Å². The van der Waals surface area contributed by atoms with Crippen molar-refractivity contribution in [1.29, 1.82) is 0 Å². The van der Waals surface area contributed by atoms with E-state index in [9.17, 15) is 8.42 Å². The Morgan fingerprint density at radius 2 is 2.28 bits per heavy atom. The van der Waals surface area contributed by atoms with Crippen LogP contribution in [0.4, 0.5) is 5.69 Å². The van der Waals surface area contributed by atoms with Crippen LogP contribution in [0.2, 0.25) is 0 Å². The maximum atomic E-state index is 12.3. The largest absolute Gasteiger partial charge is 0.399 e. The summed E-state index contributed by atoms with van der Waals surface area (Å²) in [5.74, 6) is 0.909. The lowest BCUT2D eigenvalue weighted by molar-refractivity contribution is 0.423. The highest BCUT2D eigenvalue weighted by atomic mass is 32.2. The number of sulfonamides is 1. The normalized spacial score (nSPS) is 21.9. The predicted octanol–water partition coefficient (Wildman–Crippen LogP) is 1.54. The molecule has 0 aromatic heterocycles. The third kappa shape index (κ3) is 3.40. The van der Waals surface area contributed by atoms with Crippen LogP contribution in [0.3, 0.4) is 0 Å². The molecule has 100 valence electrons. The van der Waals surface area contributed by atoms with Gasteiger partial charge in [-0.25, -0.2) is 8.42 Å². The van der Waals surface area contributed by atoms with Gasteiger partial charge in [-0.15, -0.1) is 0 Å². The molecule has 0 radical (unpaired) electrons. The van der Waals surface area contributed by atoms with E-state index in [1.165, 1.54) is 0 Å². The van der Waals surface area contributed by atoms with Crippen molar-refractivity contribution >= 4 is 27.5 Å². The van der Waals surface area contributed by atoms with Crippen molar-refractivity contribution in [3.8, 4) is 0 Å². The fourth-order valence-electron chi connectivity index (χ4n) is 2.02. The van der Waals surface area contributed by atoms with Crippen molar-refractivity contribution < 1.29 is 8.42 Å². The average Bonchev–Trinajstić information content (AvgIpc) is 2.28. The fraction of sp³-hybridized carbons (Fsp3) is 0.500. The molecule has 2 N–H and O–H groups in total. The summed E-state index contributed by atoms with van der Waals surface area (Å²) >= 11 is 1.82. The highest BCUT2D eigenvalue weighted by molar-refractivity contribution is 8.00. The van der Waals surface area contributed by atoms with E-state index < -0.39 is 10.0 Å². The Bertz CT molecular complexity index is 517. The highest BCUT2D eigenvalue weighted by Gasteiger charge is 2.27. The van der Waals surface area contributed by atoms with Gasteiger partial charge in [0.15, 0.2) is 0 Å². The van der Waals surface area contributed by atoms with Crippen LogP contribution in [-0.4, -0.2) is 36.8 Å². The molecular weight excluding hydrogens is 268 g/mol. The molecule has 1 aliphatic heterocycles. The molecule has 0 saturated carbocycles. The summed E-state index contributed by atoms with van der Waals surface area (Å²) in [5.41, 5.74) is 7.02. The minimum Gasteiger partial charge on any atom is -0.399 e. The van der Waals surface area contributed by atoms with Crippen LogP contribution >= 0.6 is 11.8 Å². The van der Waals surface area contributed by atoms with E-state index in [1.807, 2.05) is 11.8 Å². The molecule has 2 rings (SSSR count). The van der Waals surface area contributed by atoms with Gasteiger partial charge in [0, 0.05) is 29.8 Å². The van der Waals surface area contributed by atoms with Gasteiger partial charge < -0.3 is 5.73 Å². The van der Waals surface area contributed by atoms with Gasteiger partial charge in [-0.05, 0) is 17.7 Å². The lowest BCUT2D eigenvalue weighted by Gasteiger charge is -2.29. The van der Waals surface area contributed by atoms with Crippen molar-refractivity contribution in [2.24, 2.45) is 0 Å². The van der Waals surface area contributed by atoms with E-state index in [4.69, 9.17) is 5.73 Å². The first-order chi connectivity index (χ1) is 8.47. The zero-order valence-electron chi connectivity index (χ0n) is 10.4. The predicted molar refractivity (Wildman–Crippen MR) is 77.0 cm³/mol. The number of hydrogen-bond donors (Lipinski definition) is 1. The zero-order valence-corrected chi connectivity index (χ0v) is 12.0. The number of nitrogen functional groups attached to an aromatic ring is 1. The number of anilines is 1. The van der Waals surface area contributed by atoms with Crippen LogP contribution in [0, 0.1) is 0 Å². The molecule has 0 aliphatic carbocycles. The molecular formula is C12H18N2O2S2. The third-order valence-electron chi connectivity index (χ3n) is 2.90. The van der Waals surface area contributed by atoms with E-state index in [0.717, 1.165) is 11.3 Å². The molecule has 6 heteroatoms. The van der Waals surface area contributed by atoms with Gasteiger partial charge in [0.25, 0.3) is 0 Å². The Hall–Kier alpha value is -0.720. The van der Waals surface area contributed by atoms with E-state index in [2.05, 4.69) is 6.92 Å².